The van der Waals surface area contributed by atoms with Gasteiger partial charge in [-0.15, -0.1) is 0 Å². The molecule has 0 spiro atoms. The fourth-order valence-corrected chi connectivity index (χ4v) is 1.56. The van der Waals surface area contributed by atoms with Crippen molar-refractivity contribution in [1.82, 2.24) is 14.8 Å². The number of benzene rings is 1. The van der Waals surface area contributed by atoms with Crippen LogP contribution in [0.3, 0.4) is 0 Å². The highest BCUT2D eigenvalue weighted by Crippen LogP contribution is 2.00. The zero-order valence-electron chi connectivity index (χ0n) is 8.18. The Labute approximate surface area is 98.9 Å². The molecule has 1 aromatic heterocycles. The number of hydrogen-bond donors (Lipinski definition) is 1. The maximum atomic E-state index is 11.4. The van der Waals surface area contributed by atoms with Gasteiger partial charge in [0.15, 0.2) is 4.60 Å². The summed E-state index contributed by atoms with van der Waals surface area (Å²) in [5.41, 5.74) is -0.0950. The van der Waals surface area contributed by atoms with Crippen LogP contribution in [0.4, 0.5) is 0 Å². The summed E-state index contributed by atoms with van der Waals surface area (Å²) in [5.74, 6) is 0. The fourth-order valence-electron chi connectivity index (χ4n) is 1.27. The van der Waals surface area contributed by atoms with Gasteiger partial charge in [0.05, 0.1) is 6.54 Å². The van der Waals surface area contributed by atoms with Crippen LogP contribution in [0, 0.1) is 0 Å². The molecule has 5 nitrogen and oxygen atoms in total. The molecule has 16 heavy (non-hydrogen) atoms. The molecule has 0 saturated heterocycles. The standard InChI is InChI=1S/C10H8BrN3O2/c11-8-9(15)12-10(16)14(13-8)6-7-4-2-1-3-5-7/h1-5H,6H2,(H,12,15,16). The highest BCUT2D eigenvalue weighted by atomic mass is 79.9. The summed E-state index contributed by atoms with van der Waals surface area (Å²) in [6.07, 6.45) is 0. The highest BCUT2D eigenvalue weighted by molar-refractivity contribution is 9.10. The summed E-state index contributed by atoms with van der Waals surface area (Å²) in [6, 6.07) is 9.41. The molecule has 0 fully saturated rings. The molecule has 0 atom stereocenters. The molecular formula is C10H8BrN3O2. The summed E-state index contributed by atoms with van der Waals surface area (Å²) >= 11 is 2.98. The number of hydrogen-bond acceptors (Lipinski definition) is 3. The van der Waals surface area contributed by atoms with E-state index in [2.05, 4.69) is 26.0 Å². The molecule has 1 aromatic carbocycles. The van der Waals surface area contributed by atoms with Gasteiger partial charge in [0.2, 0.25) is 0 Å². The first-order valence-corrected chi connectivity index (χ1v) is 5.37. The summed E-state index contributed by atoms with van der Waals surface area (Å²) in [4.78, 5) is 24.7. The van der Waals surface area contributed by atoms with E-state index in [4.69, 9.17) is 0 Å². The molecule has 1 heterocycles. The predicted molar refractivity (Wildman–Crippen MR) is 62.4 cm³/mol. The molecule has 0 aliphatic heterocycles. The van der Waals surface area contributed by atoms with E-state index in [1.54, 1.807) is 0 Å². The van der Waals surface area contributed by atoms with Crippen LogP contribution in [-0.2, 0) is 6.54 Å². The Balaban J connectivity index is 2.40. The van der Waals surface area contributed by atoms with Crippen molar-refractivity contribution in [2.75, 3.05) is 0 Å². The summed E-state index contributed by atoms with van der Waals surface area (Å²) in [5, 5.41) is 3.84. The van der Waals surface area contributed by atoms with Gasteiger partial charge in [-0.25, -0.2) is 9.48 Å². The van der Waals surface area contributed by atoms with Gasteiger partial charge >= 0.3 is 5.69 Å². The molecule has 2 rings (SSSR count). The molecule has 0 bridgehead atoms. The lowest BCUT2D eigenvalue weighted by Gasteiger charge is -2.03. The Bertz CT molecular complexity index is 603. The second-order valence-corrected chi connectivity index (χ2v) is 3.94. The number of nitrogens with one attached hydrogen (secondary N) is 1. The number of nitrogens with zero attached hydrogens (tertiary/aromatic N) is 2. The van der Waals surface area contributed by atoms with E-state index in [1.807, 2.05) is 30.3 Å². The SMILES string of the molecule is O=c1[nH]c(=O)n(Cc2ccccc2)nc1Br. The van der Waals surface area contributed by atoms with Gasteiger partial charge < -0.3 is 0 Å². The van der Waals surface area contributed by atoms with E-state index in [9.17, 15) is 9.59 Å². The zero-order valence-corrected chi connectivity index (χ0v) is 9.77. The Kier molecular flexibility index (Phi) is 3.00. The molecule has 0 saturated carbocycles. The van der Waals surface area contributed by atoms with Gasteiger partial charge in [0.1, 0.15) is 0 Å². The average Bonchev–Trinajstić information content (AvgIpc) is 2.27. The molecule has 0 aliphatic carbocycles. The lowest BCUT2D eigenvalue weighted by atomic mass is 10.2. The molecule has 82 valence electrons. The van der Waals surface area contributed by atoms with Crippen molar-refractivity contribution in [1.29, 1.82) is 0 Å². The second kappa shape index (κ2) is 4.44. The molecule has 0 unspecified atom stereocenters. The maximum Gasteiger partial charge on any atom is 0.345 e. The molecule has 0 aliphatic rings. The maximum absolute atomic E-state index is 11.4. The number of aromatic nitrogens is 3. The number of halogens is 1. The summed E-state index contributed by atoms with van der Waals surface area (Å²) in [6.45, 7) is 0.328. The Morgan fingerprint density at radius 2 is 1.94 bits per heavy atom. The molecular weight excluding hydrogens is 274 g/mol. The fraction of sp³-hybridized carbons (Fsp3) is 0.100. The first-order chi connectivity index (χ1) is 7.66. The zero-order chi connectivity index (χ0) is 11.5. The van der Waals surface area contributed by atoms with E-state index in [0.29, 0.717) is 6.54 Å². The van der Waals surface area contributed by atoms with Gasteiger partial charge in [0, 0.05) is 0 Å². The van der Waals surface area contributed by atoms with Crippen molar-refractivity contribution < 1.29 is 0 Å². The van der Waals surface area contributed by atoms with E-state index in [-0.39, 0.29) is 4.60 Å². The summed E-state index contributed by atoms with van der Waals surface area (Å²) < 4.78 is 1.30. The van der Waals surface area contributed by atoms with Crippen molar-refractivity contribution >= 4 is 15.9 Å². The minimum atomic E-state index is -0.519. The van der Waals surface area contributed by atoms with E-state index in [1.165, 1.54) is 4.68 Å². The summed E-state index contributed by atoms with van der Waals surface area (Å²) in [7, 11) is 0. The van der Waals surface area contributed by atoms with Crippen LogP contribution in [0.5, 0.6) is 0 Å². The van der Waals surface area contributed by atoms with Crippen molar-refractivity contribution in [3.63, 3.8) is 0 Å². The van der Waals surface area contributed by atoms with Crippen LogP contribution in [0.25, 0.3) is 0 Å². The molecule has 2 aromatic rings. The van der Waals surface area contributed by atoms with Crippen LogP contribution in [-0.4, -0.2) is 14.8 Å². The second-order valence-electron chi connectivity index (χ2n) is 3.19. The van der Waals surface area contributed by atoms with Gasteiger partial charge in [-0.1, -0.05) is 30.3 Å². The van der Waals surface area contributed by atoms with E-state index >= 15 is 0 Å². The largest absolute Gasteiger partial charge is 0.345 e. The Morgan fingerprint density at radius 3 is 2.62 bits per heavy atom. The van der Waals surface area contributed by atoms with Crippen molar-refractivity contribution in [2.24, 2.45) is 0 Å². The Hall–Kier alpha value is -1.69. The van der Waals surface area contributed by atoms with Crippen molar-refractivity contribution in [3.05, 3.63) is 61.3 Å². The topological polar surface area (TPSA) is 67.8 Å². The van der Waals surface area contributed by atoms with Gasteiger partial charge in [-0.2, -0.15) is 5.10 Å². The first-order valence-electron chi connectivity index (χ1n) is 4.57. The Morgan fingerprint density at radius 1 is 1.25 bits per heavy atom. The minimum Gasteiger partial charge on any atom is -0.270 e. The number of H-pyrrole nitrogens is 1. The first kappa shape index (κ1) is 10.8. The van der Waals surface area contributed by atoms with Gasteiger partial charge in [0.25, 0.3) is 5.56 Å². The average molecular weight is 282 g/mol. The van der Waals surface area contributed by atoms with Gasteiger partial charge in [-0.3, -0.25) is 9.78 Å². The quantitative estimate of drug-likeness (QED) is 0.883. The third-order valence-electron chi connectivity index (χ3n) is 2.03. The van der Waals surface area contributed by atoms with Crippen LogP contribution >= 0.6 is 15.9 Å². The lowest BCUT2D eigenvalue weighted by molar-refractivity contribution is 0.599. The van der Waals surface area contributed by atoms with Crippen LogP contribution in [0.1, 0.15) is 5.56 Å². The third kappa shape index (κ3) is 2.27. The highest BCUT2D eigenvalue weighted by Gasteiger charge is 2.03. The molecule has 0 radical (unpaired) electrons. The minimum absolute atomic E-state index is 0.100. The van der Waals surface area contributed by atoms with E-state index < -0.39 is 11.2 Å². The predicted octanol–water partition coefficient (Wildman–Crippen LogP) is 0.742. The van der Waals surface area contributed by atoms with Crippen LogP contribution in [0.2, 0.25) is 0 Å². The van der Waals surface area contributed by atoms with Gasteiger partial charge in [-0.05, 0) is 21.5 Å². The smallest absolute Gasteiger partial charge is 0.270 e. The monoisotopic (exact) mass is 281 g/mol. The lowest BCUT2D eigenvalue weighted by Crippen LogP contribution is -2.33. The van der Waals surface area contributed by atoms with E-state index in [0.717, 1.165) is 5.56 Å². The van der Waals surface area contributed by atoms with Crippen LogP contribution < -0.4 is 11.2 Å². The third-order valence-corrected chi connectivity index (χ3v) is 2.54. The number of rotatable bonds is 2. The molecule has 1 N–H and O–H groups in total. The van der Waals surface area contributed by atoms with Crippen molar-refractivity contribution in [2.45, 2.75) is 6.54 Å². The molecule has 0 amide bonds. The normalized spacial score (nSPS) is 10.3. The van der Waals surface area contributed by atoms with Crippen LogP contribution in [0.15, 0.2) is 44.5 Å². The number of aromatic amines is 1. The van der Waals surface area contributed by atoms with Crippen molar-refractivity contribution in [3.8, 4) is 0 Å². The molecule has 6 heteroatoms.